The fourth-order valence-electron chi connectivity index (χ4n) is 2.57. The van der Waals surface area contributed by atoms with Gasteiger partial charge >= 0.3 is 17.9 Å². The predicted octanol–water partition coefficient (Wildman–Crippen LogP) is 1.56. The molecule has 0 aliphatic heterocycles. The Balaban J connectivity index is 2.80. The fraction of sp³-hybridized carbons (Fsp3) is 0.263. The highest BCUT2D eigenvalue weighted by Crippen LogP contribution is 2.18. The lowest BCUT2D eigenvalue weighted by Crippen LogP contribution is -2.32. The Kier molecular flexibility index (Phi) is 6.12. The van der Waals surface area contributed by atoms with Crippen LogP contribution >= 0.6 is 0 Å². The molecule has 0 amide bonds. The molecule has 0 aliphatic carbocycles. The zero-order valence-corrected chi connectivity index (χ0v) is 15.4. The van der Waals surface area contributed by atoms with E-state index in [2.05, 4.69) is 4.74 Å². The lowest BCUT2D eigenvalue weighted by Gasteiger charge is -2.17. The topological polar surface area (TPSA) is 101 Å². The molecule has 0 atom stereocenters. The van der Waals surface area contributed by atoms with Gasteiger partial charge in [-0.25, -0.2) is 14.4 Å². The summed E-state index contributed by atoms with van der Waals surface area (Å²) in [7, 11) is 3.30. The molecule has 0 saturated heterocycles. The van der Waals surface area contributed by atoms with Gasteiger partial charge in [0.2, 0.25) is 0 Å². The Morgan fingerprint density at radius 3 is 1.96 bits per heavy atom. The Morgan fingerprint density at radius 2 is 1.44 bits per heavy atom. The SMILES string of the molecule is COC(=O)c1cc(=O)n(Cc2ccc(C)cc2)c(C(=O)OC)c1C(=O)OC. The maximum atomic E-state index is 12.6. The van der Waals surface area contributed by atoms with Crippen LogP contribution in [0.2, 0.25) is 0 Å². The summed E-state index contributed by atoms with van der Waals surface area (Å²) >= 11 is 0. The summed E-state index contributed by atoms with van der Waals surface area (Å²) in [4.78, 5) is 49.4. The summed E-state index contributed by atoms with van der Waals surface area (Å²) in [5.41, 5.74) is -0.0512. The van der Waals surface area contributed by atoms with Crippen molar-refractivity contribution < 1.29 is 28.6 Å². The third-order valence-electron chi connectivity index (χ3n) is 3.94. The van der Waals surface area contributed by atoms with Gasteiger partial charge in [0, 0.05) is 6.07 Å². The molecular formula is C19H19NO7. The predicted molar refractivity (Wildman–Crippen MR) is 95.0 cm³/mol. The second-order valence-corrected chi connectivity index (χ2v) is 5.67. The number of pyridine rings is 1. The van der Waals surface area contributed by atoms with Gasteiger partial charge in [0.25, 0.3) is 5.56 Å². The third kappa shape index (κ3) is 4.05. The van der Waals surface area contributed by atoms with Crippen LogP contribution < -0.4 is 5.56 Å². The zero-order valence-electron chi connectivity index (χ0n) is 15.4. The first-order valence-corrected chi connectivity index (χ1v) is 7.92. The van der Waals surface area contributed by atoms with Crippen molar-refractivity contribution in [3.8, 4) is 0 Å². The van der Waals surface area contributed by atoms with Gasteiger partial charge in [0.05, 0.1) is 33.4 Å². The standard InChI is InChI=1S/C19H19NO7/c1-11-5-7-12(8-6-11)10-20-14(21)9-13(17(22)25-2)15(18(23)26-3)16(20)19(24)27-4/h5-9H,10H2,1-4H3. The van der Waals surface area contributed by atoms with Crippen LogP contribution in [0.25, 0.3) is 0 Å². The Morgan fingerprint density at radius 1 is 0.889 bits per heavy atom. The van der Waals surface area contributed by atoms with Gasteiger partial charge in [-0.3, -0.25) is 9.36 Å². The van der Waals surface area contributed by atoms with Crippen molar-refractivity contribution >= 4 is 17.9 Å². The number of benzene rings is 1. The first-order valence-electron chi connectivity index (χ1n) is 7.92. The number of rotatable bonds is 5. The van der Waals surface area contributed by atoms with E-state index in [0.29, 0.717) is 0 Å². The third-order valence-corrected chi connectivity index (χ3v) is 3.94. The number of esters is 3. The number of hydrogen-bond acceptors (Lipinski definition) is 7. The highest BCUT2D eigenvalue weighted by atomic mass is 16.5. The van der Waals surface area contributed by atoms with Gasteiger partial charge in [0.15, 0.2) is 0 Å². The molecule has 0 radical (unpaired) electrons. The lowest BCUT2D eigenvalue weighted by atomic mass is 10.0. The maximum absolute atomic E-state index is 12.6. The molecule has 2 rings (SSSR count). The molecule has 8 heteroatoms. The average molecular weight is 373 g/mol. The van der Waals surface area contributed by atoms with E-state index >= 15 is 0 Å². The molecule has 0 unspecified atom stereocenters. The number of aromatic nitrogens is 1. The molecule has 0 aliphatic rings. The minimum Gasteiger partial charge on any atom is -0.465 e. The summed E-state index contributed by atoms with van der Waals surface area (Å²) in [5, 5.41) is 0. The number of nitrogens with zero attached hydrogens (tertiary/aromatic N) is 1. The van der Waals surface area contributed by atoms with Gasteiger partial charge in [0.1, 0.15) is 11.3 Å². The van der Waals surface area contributed by atoms with E-state index in [0.717, 1.165) is 43.1 Å². The first kappa shape index (κ1) is 19.9. The highest BCUT2D eigenvalue weighted by Gasteiger charge is 2.30. The van der Waals surface area contributed by atoms with Gasteiger partial charge < -0.3 is 14.2 Å². The summed E-state index contributed by atoms with van der Waals surface area (Å²) in [6.07, 6.45) is 0. The monoisotopic (exact) mass is 373 g/mol. The number of carbonyl (C=O) groups excluding carboxylic acids is 3. The quantitative estimate of drug-likeness (QED) is 0.579. The lowest BCUT2D eigenvalue weighted by molar-refractivity contribution is 0.0526. The molecule has 8 nitrogen and oxygen atoms in total. The molecule has 27 heavy (non-hydrogen) atoms. The van der Waals surface area contributed by atoms with E-state index in [4.69, 9.17) is 9.47 Å². The van der Waals surface area contributed by atoms with Crippen LogP contribution in [-0.4, -0.2) is 43.8 Å². The molecule has 0 N–H and O–H groups in total. The van der Waals surface area contributed by atoms with E-state index in [1.807, 2.05) is 19.1 Å². The second-order valence-electron chi connectivity index (χ2n) is 5.67. The number of carbonyl (C=O) groups is 3. The van der Waals surface area contributed by atoms with Crippen molar-refractivity contribution in [1.29, 1.82) is 0 Å². The molecule has 2 aromatic rings. The Hall–Kier alpha value is -3.42. The van der Waals surface area contributed by atoms with Crippen LogP contribution in [0.4, 0.5) is 0 Å². The van der Waals surface area contributed by atoms with Crippen LogP contribution in [0.3, 0.4) is 0 Å². The van der Waals surface area contributed by atoms with E-state index in [1.54, 1.807) is 12.1 Å². The molecule has 1 aromatic heterocycles. The molecule has 0 spiro atoms. The van der Waals surface area contributed by atoms with Crippen molar-refractivity contribution in [3.63, 3.8) is 0 Å². The normalized spacial score (nSPS) is 10.2. The molecule has 0 saturated carbocycles. The maximum Gasteiger partial charge on any atom is 0.355 e. The van der Waals surface area contributed by atoms with Gasteiger partial charge in [-0.2, -0.15) is 0 Å². The van der Waals surface area contributed by atoms with Crippen molar-refractivity contribution in [1.82, 2.24) is 4.57 Å². The molecular weight excluding hydrogens is 354 g/mol. The van der Waals surface area contributed by atoms with Crippen LogP contribution in [0.5, 0.6) is 0 Å². The number of hydrogen-bond donors (Lipinski definition) is 0. The smallest absolute Gasteiger partial charge is 0.355 e. The first-order chi connectivity index (χ1) is 12.8. The van der Waals surface area contributed by atoms with Crippen LogP contribution in [0.15, 0.2) is 35.1 Å². The molecule has 142 valence electrons. The number of methoxy groups -OCH3 is 3. The van der Waals surface area contributed by atoms with E-state index in [-0.39, 0.29) is 23.4 Å². The van der Waals surface area contributed by atoms with Crippen LogP contribution in [0.1, 0.15) is 42.3 Å². The summed E-state index contributed by atoms with van der Waals surface area (Å²) in [6.45, 7) is 1.91. The largest absolute Gasteiger partial charge is 0.465 e. The van der Waals surface area contributed by atoms with Crippen molar-refractivity contribution in [2.24, 2.45) is 0 Å². The molecule has 1 aromatic carbocycles. The average Bonchev–Trinajstić information content (AvgIpc) is 2.68. The van der Waals surface area contributed by atoms with E-state index < -0.39 is 23.5 Å². The summed E-state index contributed by atoms with van der Waals surface area (Å²) < 4.78 is 15.1. The Labute approximate surface area is 155 Å². The molecule has 1 heterocycles. The van der Waals surface area contributed by atoms with Crippen molar-refractivity contribution in [2.75, 3.05) is 21.3 Å². The molecule has 0 fully saturated rings. The molecule has 0 bridgehead atoms. The van der Waals surface area contributed by atoms with Gasteiger partial charge in [-0.05, 0) is 12.5 Å². The van der Waals surface area contributed by atoms with Gasteiger partial charge in [-0.1, -0.05) is 29.8 Å². The second kappa shape index (κ2) is 8.31. The fourth-order valence-corrected chi connectivity index (χ4v) is 2.57. The van der Waals surface area contributed by atoms with Crippen LogP contribution in [-0.2, 0) is 20.8 Å². The van der Waals surface area contributed by atoms with Crippen LogP contribution in [0, 0.1) is 6.92 Å². The van der Waals surface area contributed by atoms with E-state index in [1.165, 1.54) is 0 Å². The van der Waals surface area contributed by atoms with Crippen molar-refractivity contribution in [3.05, 3.63) is 68.6 Å². The minimum absolute atomic E-state index is 0.00497. The van der Waals surface area contributed by atoms with Crippen molar-refractivity contribution in [2.45, 2.75) is 13.5 Å². The zero-order chi connectivity index (χ0) is 20.1. The number of ether oxygens (including phenoxy) is 3. The van der Waals surface area contributed by atoms with E-state index in [9.17, 15) is 19.2 Å². The summed E-state index contributed by atoms with van der Waals surface area (Å²) in [6, 6.07) is 8.22. The number of aryl methyl sites for hydroxylation is 1. The Bertz CT molecular complexity index is 942. The summed E-state index contributed by atoms with van der Waals surface area (Å²) in [5.74, 6) is -2.86. The highest BCUT2D eigenvalue weighted by molar-refractivity contribution is 6.09. The minimum atomic E-state index is -0.964. The van der Waals surface area contributed by atoms with Gasteiger partial charge in [-0.15, -0.1) is 0 Å².